The second-order valence-electron chi connectivity index (χ2n) is 8.29. The standard InChI is InChI=1S/C24H29ClF3N5O2/c25-19-5-3-6-21(17-19)30-22(34)29-11-16-33(15-4-14-32-12-1-2-13-32)23(35)31-20-9-7-18(8-10-20)24(26,27)28/h3,5-10,17H,1-2,4,11-16H2,(H,31,35)(H2,29,30,34). The third kappa shape index (κ3) is 8.95. The van der Waals surface area contributed by atoms with Gasteiger partial charge in [-0.3, -0.25) is 0 Å². The Hall–Kier alpha value is -2.98. The summed E-state index contributed by atoms with van der Waals surface area (Å²) in [4.78, 5) is 28.9. The first-order chi connectivity index (χ1) is 16.7. The molecule has 4 amide bonds. The Morgan fingerprint density at radius 2 is 1.69 bits per heavy atom. The van der Waals surface area contributed by atoms with E-state index in [1.807, 2.05) is 0 Å². The third-order valence-corrected chi connectivity index (χ3v) is 5.84. The first kappa shape index (κ1) is 26.6. The number of anilines is 2. The van der Waals surface area contributed by atoms with E-state index >= 15 is 0 Å². The minimum Gasteiger partial charge on any atom is -0.336 e. The molecular weight excluding hydrogens is 483 g/mol. The summed E-state index contributed by atoms with van der Waals surface area (Å²) in [5, 5.41) is 8.52. The first-order valence-electron chi connectivity index (χ1n) is 11.5. The van der Waals surface area contributed by atoms with Crippen molar-refractivity contribution in [2.75, 3.05) is 49.9 Å². The highest BCUT2D eigenvalue weighted by atomic mass is 35.5. The SMILES string of the molecule is O=C(NCCN(CCCN1CCCC1)C(=O)Nc1ccc(C(F)(F)F)cc1)Nc1cccc(Cl)c1. The van der Waals surface area contributed by atoms with Crippen molar-refractivity contribution in [3.63, 3.8) is 0 Å². The molecule has 3 N–H and O–H groups in total. The Bertz CT molecular complexity index is 982. The number of hydrogen-bond donors (Lipinski definition) is 3. The van der Waals surface area contributed by atoms with E-state index in [9.17, 15) is 22.8 Å². The van der Waals surface area contributed by atoms with Gasteiger partial charge in [0.05, 0.1) is 5.56 Å². The topological polar surface area (TPSA) is 76.7 Å². The highest BCUT2D eigenvalue weighted by Crippen LogP contribution is 2.29. The maximum absolute atomic E-state index is 12.9. The lowest BCUT2D eigenvalue weighted by atomic mass is 10.2. The number of carbonyl (C=O) groups is 2. The molecule has 0 atom stereocenters. The summed E-state index contributed by atoms with van der Waals surface area (Å²) in [6, 6.07) is 10.1. The number of halogens is 4. The van der Waals surface area contributed by atoms with Crippen LogP contribution in [0.1, 0.15) is 24.8 Å². The molecule has 0 bridgehead atoms. The predicted molar refractivity (Wildman–Crippen MR) is 131 cm³/mol. The van der Waals surface area contributed by atoms with Crippen molar-refractivity contribution in [1.82, 2.24) is 15.1 Å². The molecule has 1 heterocycles. The Labute approximate surface area is 207 Å². The molecule has 0 spiro atoms. The van der Waals surface area contributed by atoms with Gasteiger partial charge in [0.2, 0.25) is 0 Å². The van der Waals surface area contributed by atoms with Crippen LogP contribution < -0.4 is 16.0 Å². The van der Waals surface area contributed by atoms with Crippen LogP contribution in [0.4, 0.5) is 34.1 Å². The van der Waals surface area contributed by atoms with Crippen molar-refractivity contribution in [1.29, 1.82) is 0 Å². The van der Waals surface area contributed by atoms with Crippen molar-refractivity contribution in [3.8, 4) is 0 Å². The number of hydrogen-bond acceptors (Lipinski definition) is 3. The highest BCUT2D eigenvalue weighted by molar-refractivity contribution is 6.30. The lowest BCUT2D eigenvalue weighted by Crippen LogP contribution is -2.42. The van der Waals surface area contributed by atoms with Gasteiger partial charge < -0.3 is 25.8 Å². The summed E-state index contributed by atoms with van der Waals surface area (Å²) in [5.74, 6) is 0. The Kier molecular flexibility index (Phi) is 9.62. The summed E-state index contributed by atoms with van der Waals surface area (Å²) >= 11 is 5.92. The van der Waals surface area contributed by atoms with E-state index < -0.39 is 23.8 Å². The summed E-state index contributed by atoms with van der Waals surface area (Å²) in [6.45, 7) is 3.81. The van der Waals surface area contributed by atoms with Crippen LogP contribution in [0.2, 0.25) is 5.02 Å². The molecule has 2 aromatic rings. The number of nitrogens with one attached hydrogen (secondary N) is 3. The lowest BCUT2D eigenvalue weighted by Gasteiger charge is -2.25. The van der Waals surface area contributed by atoms with Gasteiger partial charge in [0.1, 0.15) is 0 Å². The largest absolute Gasteiger partial charge is 0.416 e. The quantitative estimate of drug-likeness (QED) is 0.416. The van der Waals surface area contributed by atoms with Gasteiger partial charge in [-0.1, -0.05) is 17.7 Å². The zero-order chi connectivity index (χ0) is 25.3. The average Bonchev–Trinajstić information content (AvgIpc) is 3.31. The average molecular weight is 512 g/mol. The van der Waals surface area contributed by atoms with Crippen LogP contribution in [0.5, 0.6) is 0 Å². The fourth-order valence-electron chi connectivity index (χ4n) is 3.80. The Morgan fingerprint density at radius 3 is 2.34 bits per heavy atom. The number of likely N-dealkylation sites (tertiary alicyclic amines) is 1. The molecule has 190 valence electrons. The Balaban J connectivity index is 1.53. The van der Waals surface area contributed by atoms with E-state index in [1.165, 1.54) is 25.0 Å². The molecule has 0 aromatic heterocycles. The molecule has 1 aliphatic heterocycles. The zero-order valence-corrected chi connectivity index (χ0v) is 20.0. The van der Waals surface area contributed by atoms with E-state index in [4.69, 9.17) is 11.6 Å². The maximum Gasteiger partial charge on any atom is 0.416 e. The number of carbonyl (C=O) groups excluding carboxylic acids is 2. The van der Waals surface area contributed by atoms with Gasteiger partial charge in [-0.15, -0.1) is 0 Å². The fourth-order valence-corrected chi connectivity index (χ4v) is 3.99. The van der Waals surface area contributed by atoms with Crippen molar-refractivity contribution in [3.05, 3.63) is 59.1 Å². The lowest BCUT2D eigenvalue weighted by molar-refractivity contribution is -0.137. The number of rotatable bonds is 9. The molecule has 2 aromatic carbocycles. The molecular formula is C24H29ClF3N5O2. The monoisotopic (exact) mass is 511 g/mol. The van der Waals surface area contributed by atoms with Crippen LogP contribution in [0.25, 0.3) is 0 Å². The van der Waals surface area contributed by atoms with Gasteiger partial charge in [-0.25, -0.2) is 9.59 Å². The molecule has 0 aliphatic carbocycles. The van der Waals surface area contributed by atoms with Crippen molar-refractivity contribution >= 4 is 35.0 Å². The zero-order valence-electron chi connectivity index (χ0n) is 19.2. The van der Waals surface area contributed by atoms with Crippen LogP contribution in [-0.2, 0) is 6.18 Å². The molecule has 7 nitrogen and oxygen atoms in total. The van der Waals surface area contributed by atoms with Crippen LogP contribution in [0.3, 0.4) is 0 Å². The van der Waals surface area contributed by atoms with E-state index in [-0.39, 0.29) is 18.8 Å². The first-order valence-corrected chi connectivity index (χ1v) is 11.8. The van der Waals surface area contributed by atoms with Gasteiger partial charge in [0.25, 0.3) is 0 Å². The fraction of sp³-hybridized carbons (Fsp3) is 0.417. The number of benzene rings is 2. The molecule has 0 saturated carbocycles. The third-order valence-electron chi connectivity index (χ3n) is 5.60. The number of urea groups is 2. The number of nitrogens with zero attached hydrogens (tertiary/aromatic N) is 2. The molecule has 11 heteroatoms. The van der Waals surface area contributed by atoms with Crippen molar-refractivity contribution < 1.29 is 22.8 Å². The predicted octanol–water partition coefficient (Wildman–Crippen LogP) is 5.50. The molecule has 1 saturated heterocycles. The van der Waals surface area contributed by atoms with Gasteiger partial charge in [-0.2, -0.15) is 13.2 Å². The normalized spacial score (nSPS) is 13.9. The van der Waals surface area contributed by atoms with Crippen molar-refractivity contribution in [2.24, 2.45) is 0 Å². The van der Waals surface area contributed by atoms with E-state index in [2.05, 4.69) is 20.9 Å². The van der Waals surface area contributed by atoms with Gasteiger partial charge in [0, 0.05) is 36.0 Å². The Morgan fingerprint density at radius 1 is 0.971 bits per heavy atom. The summed E-state index contributed by atoms with van der Waals surface area (Å²) in [5.41, 5.74) is 0.0181. The van der Waals surface area contributed by atoms with Crippen LogP contribution in [-0.4, -0.2) is 61.1 Å². The smallest absolute Gasteiger partial charge is 0.336 e. The van der Waals surface area contributed by atoms with Gasteiger partial charge in [-0.05, 0) is 81.4 Å². The molecule has 1 fully saturated rings. The highest BCUT2D eigenvalue weighted by Gasteiger charge is 2.30. The van der Waals surface area contributed by atoms with Gasteiger partial charge >= 0.3 is 18.2 Å². The molecule has 35 heavy (non-hydrogen) atoms. The van der Waals surface area contributed by atoms with Crippen LogP contribution in [0.15, 0.2) is 48.5 Å². The minimum absolute atomic E-state index is 0.191. The second-order valence-corrected chi connectivity index (χ2v) is 8.72. The molecule has 0 radical (unpaired) electrons. The second kappa shape index (κ2) is 12.6. The van der Waals surface area contributed by atoms with E-state index in [1.54, 1.807) is 29.2 Å². The number of alkyl halides is 3. The van der Waals surface area contributed by atoms with E-state index in [0.29, 0.717) is 17.3 Å². The molecule has 0 unspecified atom stereocenters. The summed E-state index contributed by atoms with van der Waals surface area (Å²) in [7, 11) is 0. The summed E-state index contributed by atoms with van der Waals surface area (Å²) < 4.78 is 38.4. The van der Waals surface area contributed by atoms with Crippen LogP contribution >= 0.6 is 11.6 Å². The molecule has 3 rings (SSSR count). The van der Waals surface area contributed by atoms with Gasteiger partial charge in [0.15, 0.2) is 0 Å². The number of amides is 4. The summed E-state index contributed by atoms with van der Waals surface area (Å²) in [6.07, 6.45) is -1.36. The van der Waals surface area contributed by atoms with E-state index in [0.717, 1.165) is 38.2 Å². The minimum atomic E-state index is -4.44. The van der Waals surface area contributed by atoms with Crippen molar-refractivity contribution in [2.45, 2.75) is 25.4 Å². The maximum atomic E-state index is 12.9. The molecule has 1 aliphatic rings. The van der Waals surface area contributed by atoms with Crippen LogP contribution in [0, 0.1) is 0 Å².